The number of carboxylic acid groups (broad SMARTS) is 1. The van der Waals surface area contributed by atoms with Crippen LogP contribution in [0, 0.1) is 5.92 Å². The molecule has 0 amide bonds. The molecular weight excluding hydrogens is 273 g/mol. The van der Waals surface area contributed by atoms with Crippen LogP contribution in [0.2, 0.25) is 10.0 Å². The van der Waals surface area contributed by atoms with Gasteiger partial charge in [-0.2, -0.15) is 0 Å². The minimum absolute atomic E-state index is 0.379. The van der Waals surface area contributed by atoms with Crippen molar-refractivity contribution in [2.45, 2.75) is 13.3 Å². The van der Waals surface area contributed by atoms with Crippen LogP contribution in [-0.4, -0.2) is 16.1 Å². The van der Waals surface area contributed by atoms with E-state index in [1.165, 1.54) is 0 Å². The first-order valence-corrected chi connectivity index (χ1v) is 6.20. The number of carbonyl (C=O) groups is 1. The van der Waals surface area contributed by atoms with Gasteiger partial charge in [-0.3, -0.25) is 9.78 Å². The lowest BCUT2D eigenvalue weighted by Crippen LogP contribution is -2.13. The van der Waals surface area contributed by atoms with Crippen molar-refractivity contribution in [2.75, 3.05) is 0 Å². The third-order valence-electron chi connectivity index (χ3n) is 2.71. The van der Waals surface area contributed by atoms with Crippen LogP contribution in [0.1, 0.15) is 12.6 Å². The Morgan fingerprint density at radius 2 is 2.11 bits per heavy atom. The molecule has 0 aliphatic heterocycles. The largest absolute Gasteiger partial charge is 0.481 e. The van der Waals surface area contributed by atoms with Crippen molar-refractivity contribution in [3.05, 3.63) is 40.0 Å². The van der Waals surface area contributed by atoms with E-state index < -0.39 is 11.9 Å². The van der Waals surface area contributed by atoms with E-state index in [0.717, 1.165) is 5.39 Å². The first kappa shape index (κ1) is 13.1. The number of aliphatic carboxylic acids is 1. The van der Waals surface area contributed by atoms with Gasteiger partial charge in [0.1, 0.15) is 0 Å². The lowest BCUT2D eigenvalue weighted by molar-refractivity contribution is -0.141. The molecule has 0 fully saturated rings. The summed E-state index contributed by atoms with van der Waals surface area (Å²) in [6, 6.07) is 7.06. The maximum Gasteiger partial charge on any atom is 0.306 e. The van der Waals surface area contributed by atoms with Gasteiger partial charge in [-0.1, -0.05) is 36.2 Å². The molecule has 0 aliphatic carbocycles. The smallest absolute Gasteiger partial charge is 0.306 e. The Labute approximate surface area is 114 Å². The monoisotopic (exact) mass is 283 g/mol. The number of halogens is 2. The zero-order chi connectivity index (χ0) is 13.3. The first-order chi connectivity index (χ1) is 8.47. The van der Waals surface area contributed by atoms with Crippen molar-refractivity contribution in [3.8, 4) is 0 Å². The number of pyridine rings is 1. The Morgan fingerprint density at radius 3 is 2.78 bits per heavy atom. The van der Waals surface area contributed by atoms with Crippen LogP contribution in [-0.2, 0) is 11.2 Å². The van der Waals surface area contributed by atoms with Crippen LogP contribution in [0.15, 0.2) is 24.3 Å². The molecule has 5 heteroatoms. The molecular formula is C13H11Cl2NO2. The fourth-order valence-corrected chi connectivity index (χ4v) is 2.26. The average Bonchev–Trinajstić information content (AvgIpc) is 2.29. The Morgan fingerprint density at radius 1 is 1.39 bits per heavy atom. The molecule has 94 valence electrons. The summed E-state index contributed by atoms with van der Waals surface area (Å²) in [5, 5.41) is 10.8. The number of nitrogens with zero attached hydrogens (tertiary/aromatic N) is 1. The number of hydrogen-bond donors (Lipinski definition) is 1. The van der Waals surface area contributed by atoms with Gasteiger partial charge in [0.25, 0.3) is 0 Å². The van der Waals surface area contributed by atoms with Gasteiger partial charge in [0.2, 0.25) is 0 Å². The van der Waals surface area contributed by atoms with Gasteiger partial charge in [-0.15, -0.1) is 0 Å². The molecule has 0 spiro atoms. The first-order valence-electron chi connectivity index (χ1n) is 5.45. The number of carboxylic acids is 1. The molecule has 0 saturated carbocycles. The van der Waals surface area contributed by atoms with Gasteiger partial charge in [-0.05, 0) is 18.2 Å². The van der Waals surface area contributed by atoms with Crippen molar-refractivity contribution in [1.82, 2.24) is 4.98 Å². The fourth-order valence-electron chi connectivity index (χ4n) is 1.71. The summed E-state index contributed by atoms with van der Waals surface area (Å²) in [5.41, 5.74) is 1.36. The van der Waals surface area contributed by atoms with E-state index in [-0.39, 0.29) is 0 Å². The highest BCUT2D eigenvalue weighted by atomic mass is 35.5. The molecule has 2 rings (SSSR count). The maximum absolute atomic E-state index is 10.8. The topological polar surface area (TPSA) is 50.2 Å². The van der Waals surface area contributed by atoms with Gasteiger partial charge < -0.3 is 5.11 Å². The van der Waals surface area contributed by atoms with Crippen LogP contribution in [0.3, 0.4) is 0 Å². The van der Waals surface area contributed by atoms with Crippen molar-refractivity contribution in [2.24, 2.45) is 5.92 Å². The van der Waals surface area contributed by atoms with Crippen LogP contribution >= 0.6 is 23.2 Å². The van der Waals surface area contributed by atoms with Crippen molar-refractivity contribution in [3.63, 3.8) is 0 Å². The van der Waals surface area contributed by atoms with E-state index in [1.54, 1.807) is 25.1 Å². The van der Waals surface area contributed by atoms with Gasteiger partial charge >= 0.3 is 5.97 Å². The fraction of sp³-hybridized carbons (Fsp3) is 0.231. The molecule has 3 nitrogen and oxygen atoms in total. The Bertz CT molecular complexity index is 613. The van der Waals surface area contributed by atoms with Crippen molar-refractivity contribution in [1.29, 1.82) is 0 Å². The minimum Gasteiger partial charge on any atom is -0.481 e. The zero-order valence-corrected chi connectivity index (χ0v) is 11.2. The van der Waals surface area contributed by atoms with Crippen molar-refractivity contribution >= 4 is 40.1 Å². The van der Waals surface area contributed by atoms with E-state index in [9.17, 15) is 4.79 Å². The summed E-state index contributed by atoms with van der Waals surface area (Å²) >= 11 is 12.0. The number of benzene rings is 1. The summed E-state index contributed by atoms with van der Waals surface area (Å²) in [6.45, 7) is 1.65. The van der Waals surface area contributed by atoms with Crippen LogP contribution in [0.4, 0.5) is 0 Å². The van der Waals surface area contributed by atoms with E-state index in [0.29, 0.717) is 27.7 Å². The van der Waals surface area contributed by atoms with Crippen LogP contribution in [0.5, 0.6) is 0 Å². The molecule has 0 aliphatic rings. The van der Waals surface area contributed by atoms with Crippen LogP contribution < -0.4 is 0 Å². The molecule has 1 aromatic heterocycles. The second kappa shape index (κ2) is 5.12. The lowest BCUT2D eigenvalue weighted by Gasteiger charge is -2.07. The van der Waals surface area contributed by atoms with Gasteiger partial charge in [0.05, 0.1) is 16.5 Å². The molecule has 0 saturated heterocycles. The Hall–Kier alpha value is -1.32. The molecule has 18 heavy (non-hydrogen) atoms. The second-order valence-electron chi connectivity index (χ2n) is 4.21. The highest BCUT2D eigenvalue weighted by molar-refractivity contribution is 6.38. The molecule has 0 bridgehead atoms. The molecule has 2 aromatic rings. The number of fused-ring (bicyclic) bond motifs is 1. The summed E-state index contributed by atoms with van der Waals surface area (Å²) in [6.07, 6.45) is 0.379. The second-order valence-corrected chi connectivity index (χ2v) is 5.05. The SMILES string of the molecule is CC(Cc1ccc2cc(Cl)cc(Cl)c2n1)C(=O)O. The van der Waals surface area contributed by atoms with E-state index in [4.69, 9.17) is 28.3 Å². The molecule has 1 unspecified atom stereocenters. The standard InChI is InChI=1S/C13H11Cl2NO2/c1-7(13(17)18)4-10-3-2-8-5-9(14)6-11(15)12(8)16-10/h2-3,5-7H,4H2,1H3,(H,17,18). The zero-order valence-electron chi connectivity index (χ0n) is 9.65. The summed E-state index contributed by atoms with van der Waals surface area (Å²) in [7, 11) is 0. The van der Waals surface area contributed by atoms with E-state index >= 15 is 0 Å². The lowest BCUT2D eigenvalue weighted by atomic mass is 10.0. The quantitative estimate of drug-likeness (QED) is 0.932. The maximum atomic E-state index is 10.8. The number of rotatable bonds is 3. The molecule has 1 N–H and O–H groups in total. The normalized spacial score (nSPS) is 12.6. The Kier molecular flexibility index (Phi) is 3.73. The molecule has 1 aromatic carbocycles. The average molecular weight is 284 g/mol. The van der Waals surface area contributed by atoms with Crippen molar-refractivity contribution < 1.29 is 9.90 Å². The van der Waals surface area contributed by atoms with E-state index in [1.807, 2.05) is 6.07 Å². The Balaban J connectivity index is 2.41. The van der Waals surface area contributed by atoms with Crippen LogP contribution in [0.25, 0.3) is 10.9 Å². The molecule has 1 atom stereocenters. The predicted octanol–water partition coefficient (Wildman–Crippen LogP) is 3.80. The minimum atomic E-state index is -0.834. The van der Waals surface area contributed by atoms with Gasteiger partial charge in [-0.25, -0.2) is 0 Å². The van der Waals surface area contributed by atoms with E-state index in [2.05, 4.69) is 4.98 Å². The third kappa shape index (κ3) is 2.74. The predicted molar refractivity (Wildman–Crippen MR) is 72.3 cm³/mol. The summed E-state index contributed by atoms with van der Waals surface area (Å²) in [4.78, 5) is 15.2. The number of hydrogen-bond acceptors (Lipinski definition) is 2. The van der Waals surface area contributed by atoms with Gasteiger partial charge in [0, 0.05) is 22.5 Å². The summed E-state index contributed by atoms with van der Waals surface area (Å²) in [5.74, 6) is -1.31. The molecule has 0 radical (unpaired) electrons. The summed E-state index contributed by atoms with van der Waals surface area (Å²) < 4.78 is 0. The highest BCUT2D eigenvalue weighted by Crippen LogP contribution is 2.27. The number of aromatic nitrogens is 1. The van der Waals surface area contributed by atoms with Gasteiger partial charge in [0.15, 0.2) is 0 Å². The highest BCUT2D eigenvalue weighted by Gasteiger charge is 2.13. The molecule has 1 heterocycles. The third-order valence-corrected chi connectivity index (χ3v) is 3.21.